The van der Waals surface area contributed by atoms with Gasteiger partial charge in [0.15, 0.2) is 0 Å². The molecule has 6 heteroatoms. The van der Waals surface area contributed by atoms with Gasteiger partial charge in [-0.1, -0.05) is 0 Å². The van der Waals surface area contributed by atoms with E-state index in [9.17, 15) is 13.6 Å². The van der Waals surface area contributed by atoms with Crippen LogP contribution in [0.2, 0.25) is 0 Å². The highest BCUT2D eigenvalue weighted by atomic mass is 19.1. The summed E-state index contributed by atoms with van der Waals surface area (Å²) in [5.41, 5.74) is -0.205. The molecule has 1 heterocycles. The van der Waals surface area contributed by atoms with Gasteiger partial charge in [0.1, 0.15) is 17.3 Å². The number of rotatable bonds is 3. The maximum Gasteiger partial charge on any atom is 0.254 e. The van der Waals surface area contributed by atoms with Crippen LogP contribution in [0.15, 0.2) is 12.1 Å². The van der Waals surface area contributed by atoms with Crippen molar-refractivity contribution < 1.29 is 18.3 Å². The Labute approximate surface area is 116 Å². The molecule has 1 aliphatic heterocycles. The Morgan fingerprint density at radius 2 is 1.85 bits per heavy atom. The highest BCUT2D eigenvalue weighted by molar-refractivity contribution is 5.94. The van der Waals surface area contributed by atoms with Gasteiger partial charge in [0.05, 0.1) is 0 Å². The Hall–Kier alpha value is -1.69. The molecule has 4 nitrogen and oxygen atoms in total. The molecule has 1 aromatic carbocycles. The van der Waals surface area contributed by atoms with Crippen molar-refractivity contribution in [2.45, 2.75) is 18.9 Å². The van der Waals surface area contributed by atoms with E-state index in [1.54, 1.807) is 7.05 Å². The van der Waals surface area contributed by atoms with E-state index in [0.29, 0.717) is 13.2 Å². The van der Waals surface area contributed by atoms with Gasteiger partial charge in [0, 0.05) is 38.9 Å². The molecule has 1 amide bonds. The zero-order valence-corrected chi connectivity index (χ0v) is 11.6. The van der Waals surface area contributed by atoms with Crippen molar-refractivity contribution in [3.8, 4) is 0 Å². The number of benzene rings is 1. The number of hydrogen-bond acceptors (Lipinski definition) is 3. The standard InChI is InChI=1S/C14H18F2N2O2/c1-17-13-11(15)7-9(8-12(13)16)14(19)18(2)10-3-5-20-6-4-10/h7-8,10,17H,3-6H2,1-2H3. The number of amides is 1. The van der Waals surface area contributed by atoms with Gasteiger partial charge in [-0.2, -0.15) is 0 Å². The van der Waals surface area contributed by atoms with Gasteiger partial charge in [-0.3, -0.25) is 4.79 Å². The van der Waals surface area contributed by atoms with E-state index in [-0.39, 0.29) is 23.2 Å². The summed E-state index contributed by atoms with van der Waals surface area (Å²) in [6, 6.07) is 2.17. The third kappa shape index (κ3) is 2.90. The molecule has 0 saturated carbocycles. The average molecular weight is 284 g/mol. The van der Waals surface area contributed by atoms with E-state index in [0.717, 1.165) is 25.0 Å². The summed E-state index contributed by atoms with van der Waals surface area (Å²) < 4.78 is 32.6. The third-order valence-corrected chi connectivity index (χ3v) is 3.60. The number of carbonyl (C=O) groups excluding carboxylic acids is 1. The van der Waals surface area contributed by atoms with Crippen molar-refractivity contribution in [1.82, 2.24) is 4.90 Å². The topological polar surface area (TPSA) is 41.6 Å². The van der Waals surface area contributed by atoms with E-state index >= 15 is 0 Å². The van der Waals surface area contributed by atoms with Crippen LogP contribution in [0.5, 0.6) is 0 Å². The quantitative estimate of drug-likeness (QED) is 0.925. The molecule has 0 aliphatic carbocycles. The van der Waals surface area contributed by atoms with E-state index in [1.165, 1.54) is 11.9 Å². The van der Waals surface area contributed by atoms with Crippen LogP contribution in [0.4, 0.5) is 14.5 Å². The third-order valence-electron chi connectivity index (χ3n) is 3.60. The maximum absolute atomic E-state index is 13.7. The molecule has 1 aliphatic rings. The minimum Gasteiger partial charge on any atom is -0.383 e. The number of carbonyl (C=O) groups is 1. The summed E-state index contributed by atoms with van der Waals surface area (Å²) in [5, 5.41) is 2.43. The van der Waals surface area contributed by atoms with Crippen LogP contribution in [0.1, 0.15) is 23.2 Å². The van der Waals surface area contributed by atoms with Crippen LogP contribution >= 0.6 is 0 Å². The lowest BCUT2D eigenvalue weighted by Crippen LogP contribution is -2.40. The van der Waals surface area contributed by atoms with Crippen LogP contribution in [0, 0.1) is 11.6 Å². The van der Waals surface area contributed by atoms with Gasteiger partial charge < -0.3 is 15.0 Å². The molecule has 0 unspecified atom stereocenters. The number of halogens is 2. The van der Waals surface area contributed by atoms with Crippen LogP contribution in [-0.4, -0.2) is 44.2 Å². The molecular weight excluding hydrogens is 266 g/mol. The molecule has 1 N–H and O–H groups in total. The van der Waals surface area contributed by atoms with Crippen molar-refractivity contribution in [2.75, 3.05) is 32.6 Å². The van der Waals surface area contributed by atoms with Crippen molar-refractivity contribution >= 4 is 11.6 Å². The molecular formula is C14H18F2N2O2. The smallest absolute Gasteiger partial charge is 0.254 e. The Bertz CT molecular complexity index is 479. The summed E-state index contributed by atoms with van der Waals surface area (Å²) in [7, 11) is 3.08. The molecule has 0 atom stereocenters. The number of nitrogens with zero attached hydrogens (tertiary/aromatic N) is 1. The molecule has 1 fully saturated rings. The first-order valence-corrected chi connectivity index (χ1v) is 6.56. The lowest BCUT2D eigenvalue weighted by Gasteiger charge is -2.31. The summed E-state index contributed by atoms with van der Waals surface area (Å²) in [6.45, 7) is 1.20. The predicted octanol–water partition coefficient (Wildman–Crippen LogP) is 2.26. The molecule has 20 heavy (non-hydrogen) atoms. The van der Waals surface area contributed by atoms with Crippen molar-refractivity contribution in [2.24, 2.45) is 0 Å². The van der Waals surface area contributed by atoms with Gasteiger partial charge in [0.2, 0.25) is 0 Å². The monoisotopic (exact) mass is 284 g/mol. The van der Waals surface area contributed by atoms with Crippen molar-refractivity contribution in [1.29, 1.82) is 0 Å². The first-order valence-electron chi connectivity index (χ1n) is 6.56. The van der Waals surface area contributed by atoms with Crippen LogP contribution in [0.25, 0.3) is 0 Å². The zero-order chi connectivity index (χ0) is 14.7. The second kappa shape index (κ2) is 6.17. The van der Waals surface area contributed by atoms with Crippen LogP contribution in [-0.2, 0) is 4.74 Å². The van der Waals surface area contributed by atoms with Crippen LogP contribution in [0.3, 0.4) is 0 Å². The molecule has 1 aromatic rings. The fourth-order valence-electron chi connectivity index (χ4n) is 2.38. The van der Waals surface area contributed by atoms with Gasteiger partial charge in [-0.15, -0.1) is 0 Å². The SMILES string of the molecule is CNc1c(F)cc(C(=O)N(C)C2CCOCC2)cc1F. The lowest BCUT2D eigenvalue weighted by molar-refractivity contribution is 0.0361. The fraction of sp³-hybridized carbons (Fsp3) is 0.500. The van der Waals surface area contributed by atoms with E-state index < -0.39 is 11.6 Å². The van der Waals surface area contributed by atoms with Crippen LogP contribution < -0.4 is 5.32 Å². The first-order chi connectivity index (χ1) is 9.54. The normalized spacial score (nSPS) is 16.0. The summed E-state index contributed by atoms with van der Waals surface area (Å²) in [5.74, 6) is -1.91. The molecule has 2 rings (SSSR count). The van der Waals surface area contributed by atoms with Gasteiger partial charge >= 0.3 is 0 Å². The Kier molecular flexibility index (Phi) is 4.54. The van der Waals surface area contributed by atoms with Gasteiger partial charge in [0.25, 0.3) is 5.91 Å². The Balaban J connectivity index is 2.20. The predicted molar refractivity (Wildman–Crippen MR) is 71.8 cm³/mol. The summed E-state index contributed by atoms with van der Waals surface area (Å²) >= 11 is 0. The Morgan fingerprint density at radius 3 is 2.35 bits per heavy atom. The summed E-state index contributed by atoms with van der Waals surface area (Å²) in [4.78, 5) is 13.8. The minimum absolute atomic E-state index is 0.0213. The zero-order valence-electron chi connectivity index (χ0n) is 11.6. The lowest BCUT2D eigenvalue weighted by atomic mass is 10.1. The number of nitrogens with one attached hydrogen (secondary N) is 1. The molecule has 0 radical (unpaired) electrons. The molecule has 0 aromatic heterocycles. The number of ether oxygens (including phenoxy) is 1. The largest absolute Gasteiger partial charge is 0.383 e. The van der Waals surface area contributed by atoms with Gasteiger partial charge in [-0.05, 0) is 25.0 Å². The molecule has 0 spiro atoms. The fourth-order valence-corrected chi connectivity index (χ4v) is 2.38. The van der Waals surface area contributed by atoms with E-state index in [1.807, 2.05) is 0 Å². The van der Waals surface area contributed by atoms with Gasteiger partial charge in [-0.25, -0.2) is 8.78 Å². The summed E-state index contributed by atoms with van der Waals surface area (Å²) in [6.07, 6.45) is 1.48. The molecule has 1 saturated heterocycles. The van der Waals surface area contributed by atoms with E-state index in [2.05, 4.69) is 5.32 Å². The highest BCUT2D eigenvalue weighted by Gasteiger charge is 2.24. The number of hydrogen-bond donors (Lipinski definition) is 1. The highest BCUT2D eigenvalue weighted by Crippen LogP contribution is 2.22. The Morgan fingerprint density at radius 1 is 1.30 bits per heavy atom. The second-order valence-corrected chi connectivity index (χ2v) is 4.82. The minimum atomic E-state index is -0.767. The molecule has 110 valence electrons. The number of anilines is 1. The second-order valence-electron chi connectivity index (χ2n) is 4.82. The first kappa shape index (κ1) is 14.7. The average Bonchev–Trinajstić information content (AvgIpc) is 2.46. The van der Waals surface area contributed by atoms with E-state index in [4.69, 9.17) is 4.74 Å². The molecule has 0 bridgehead atoms. The maximum atomic E-state index is 13.7. The van der Waals surface area contributed by atoms with Crippen molar-refractivity contribution in [3.05, 3.63) is 29.3 Å². The van der Waals surface area contributed by atoms with Crippen molar-refractivity contribution in [3.63, 3.8) is 0 Å².